The molecule has 3 aromatic rings. The molecule has 1 fully saturated rings. The third-order valence-corrected chi connectivity index (χ3v) is 7.11. The normalized spacial score (nSPS) is 18.0. The van der Waals surface area contributed by atoms with Crippen LogP contribution in [0.5, 0.6) is 5.75 Å². The molecule has 0 saturated heterocycles. The van der Waals surface area contributed by atoms with E-state index in [0.29, 0.717) is 22.8 Å². The SMILES string of the molecule is CCCc1ccc(OC(=O)c2ccc(-c3ccc(C4CCC(CCC)CC4)cc3F)cc2)cc1. The molecule has 0 bridgehead atoms. The predicted octanol–water partition coefficient (Wildman–Crippen LogP) is 8.74. The number of ether oxygens (including phenoxy) is 1. The van der Waals surface area contributed by atoms with Crippen LogP contribution in [-0.4, -0.2) is 5.97 Å². The minimum absolute atomic E-state index is 0.198. The Hall–Kier alpha value is -2.94. The van der Waals surface area contributed by atoms with Gasteiger partial charge < -0.3 is 4.74 Å². The molecule has 178 valence electrons. The van der Waals surface area contributed by atoms with Gasteiger partial charge in [0.15, 0.2) is 0 Å². The first-order valence-electron chi connectivity index (χ1n) is 12.8. The fourth-order valence-electron chi connectivity index (χ4n) is 5.18. The summed E-state index contributed by atoms with van der Waals surface area (Å²) in [5, 5.41) is 0. The van der Waals surface area contributed by atoms with Crippen molar-refractivity contribution in [1.82, 2.24) is 0 Å². The zero-order valence-corrected chi connectivity index (χ0v) is 20.4. The number of hydrogen-bond acceptors (Lipinski definition) is 2. The molecule has 1 saturated carbocycles. The molecule has 0 amide bonds. The number of aryl methyl sites for hydroxylation is 1. The minimum atomic E-state index is -0.413. The number of halogens is 1. The molecule has 1 aliphatic rings. The molecule has 0 aromatic heterocycles. The van der Waals surface area contributed by atoms with E-state index in [9.17, 15) is 4.79 Å². The van der Waals surface area contributed by atoms with Crippen molar-refractivity contribution in [2.45, 2.75) is 71.1 Å². The van der Waals surface area contributed by atoms with Crippen molar-refractivity contribution >= 4 is 5.97 Å². The first-order chi connectivity index (χ1) is 16.6. The summed E-state index contributed by atoms with van der Waals surface area (Å²) < 4.78 is 20.5. The Kier molecular flexibility index (Phi) is 8.16. The highest BCUT2D eigenvalue weighted by atomic mass is 19.1. The number of carbonyl (C=O) groups is 1. The Morgan fingerprint density at radius 2 is 1.59 bits per heavy atom. The highest BCUT2D eigenvalue weighted by Gasteiger charge is 2.22. The smallest absolute Gasteiger partial charge is 0.343 e. The summed E-state index contributed by atoms with van der Waals surface area (Å²) in [4.78, 5) is 12.5. The van der Waals surface area contributed by atoms with E-state index in [1.807, 2.05) is 30.3 Å². The molecule has 0 N–H and O–H groups in total. The van der Waals surface area contributed by atoms with Gasteiger partial charge in [-0.25, -0.2) is 9.18 Å². The van der Waals surface area contributed by atoms with Gasteiger partial charge in [-0.15, -0.1) is 0 Å². The van der Waals surface area contributed by atoms with Crippen LogP contribution in [0.2, 0.25) is 0 Å². The van der Waals surface area contributed by atoms with Crippen LogP contribution >= 0.6 is 0 Å². The zero-order valence-electron chi connectivity index (χ0n) is 20.4. The lowest BCUT2D eigenvalue weighted by atomic mass is 9.77. The van der Waals surface area contributed by atoms with Crippen LogP contribution in [0.4, 0.5) is 4.39 Å². The molecule has 0 radical (unpaired) electrons. The summed E-state index contributed by atoms with van der Waals surface area (Å²) in [6, 6.07) is 20.3. The fourth-order valence-corrected chi connectivity index (χ4v) is 5.18. The van der Waals surface area contributed by atoms with E-state index in [1.54, 1.807) is 30.3 Å². The van der Waals surface area contributed by atoms with Gasteiger partial charge in [0.1, 0.15) is 11.6 Å². The molecule has 0 atom stereocenters. The highest BCUT2D eigenvalue weighted by Crippen LogP contribution is 2.38. The van der Waals surface area contributed by atoms with Crippen LogP contribution in [0.1, 0.15) is 86.2 Å². The van der Waals surface area contributed by atoms with Crippen LogP contribution in [0.15, 0.2) is 66.7 Å². The standard InChI is InChI=1S/C31H35FO2/c1-3-5-22-7-11-24(12-8-22)27-17-20-29(30(32)21-27)25-13-15-26(16-14-25)31(33)34-28-18-9-23(6-4-2)10-19-28/h9-10,13-22,24H,3-8,11-12H2,1-2H3. The number of hydrogen-bond donors (Lipinski definition) is 0. The largest absolute Gasteiger partial charge is 0.423 e. The van der Waals surface area contributed by atoms with E-state index in [1.165, 1.54) is 31.2 Å². The Labute approximate surface area is 203 Å². The minimum Gasteiger partial charge on any atom is -0.423 e. The van der Waals surface area contributed by atoms with Gasteiger partial charge in [0.2, 0.25) is 0 Å². The summed E-state index contributed by atoms with van der Waals surface area (Å²) >= 11 is 0. The molecule has 3 aromatic carbocycles. The van der Waals surface area contributed by atoms with Crippen molar-refractivity contribution in [2.24, 2.45) is 5.92 Å². The van der Waals surface area contributed by atoms with Crippen molar-refractivity contribution in [1.29, 1.82) is 0 Å². The van der Waals surface area contributed by atoms with E-state index in [0.717, 1.165) is 42.7 Å². The molecule has 0 spiro atoms. The molecular weight excluding hydrogens is 423 g/mol. The monoisotopic (exact) mass is 458 g/mol. The quantitative estimate of drug-likeness (QED) is 0.249. The average Bonchev–Trinajstić information content (AvgIpc) is 2.86. The Balaban J connectivity index is 1.39. The molecule has 4 rings (SSSR count). The average molecular weight is 459 g/mol. The maximum absolute atomic E-state index is 15.0. The molecule has 0 heterocycles. The molecule has 3 heteroatoms. The summed E-state index contributed by atoms with van der Waals surface area (Å²) in [5.74, 6) is 1.22. The van der Waals surface area contributed by atoms with E-state index < -0.39 is 5.97 Å². The van der Waals surface area contributed by atoms with Crippen molar-refractivity contribution in [3.05, 3.63) is 89.2 Å². The van der Waals surface area contributed by atoms with Gasteiger partial charge in [-0.3, -0.25) is 0 Å². The Morgan fingerprint density at radius 3 is 2.21 bits per heavy atom. The lowest BCUT2D eigenvalue weighted by molar-refractivity contribution is 0.0734. The lowest BCUT2D eigenvalue weighted by Crippen LogP contribution is -2.13. The highest BCUT2D eigenvalue weighted by molar-refractivity contribution is 5.91. The van der Waals surface area contributed by atoms with Crippen LogP contribution in [-0.2, 0) is 6.42 Å². The molecule has 0 aliphatic heterocycles. The first kappa shape index (κ1) is 24.2. The van der Waals surface area contributed by atoms with E-state index in [4.69, 9.17) is 4.74 Å². The Bertz CT molecular complexity index is 1080. The maximum Gasteiger partial charge on any atom is 0.343 e. The zero-order chi connectivity index (χ0) is 23.9. The van der Waals surface area contributed by atoms with Crippen molar-refractivity contribution < 1.29 is 13.9 Å². The van der Waals surface area contributed by atoms with Crippen molar-refractivity contribution in [3.8, 4) is 16.9 Å². The second-order valence-corrected chi connectivity index (χ2v) is 9.61. The van der Waals surface area contributed by atoms with Crippen molar-refractivity contribution in [2.75, 3.05) is 0 Å². The van der Waals surface area contributed by atoms with Crippen LogP contribution in [0.25, 0.3) is 11.1 Å². The molecule has 2 nitrogen and oxygen atoms in total. The van der Waals surface area contributed by atoms with Gasteiger partial charge in [0.25, 0.3) is 0 Å². The molecule has 34 heavy (non-hydrogen) atoms. The van der Waals surface area contributed by atoms with E-state index in [-0.39, 0.29) is 5.82 Å². The first-order valence-corrected chi connectivity index (χ1v) is 12.8. The summed E-state index contributed by atoms with van der Waals surface area (Å²) in [6.45, 7) is 4.39. The third-order valence-electron chi connectivity index (χ3n) is 7.11. The molecular formula is C31H35FO2. The molecule has 0 unspecified atom stereocenters. The van der Waals surface area contributed by atoms with Gasteiger partial charge in [0, 0.05) is 5.56 Å². The number of benzene rings is 3. The third kappa shape index (κ3) is 5.94. The molecule has 1 aliphatic carbocycles. The number of esters is 1. The van der Waals surface area contributed by atoms with Crippen LogP contribution < -0.4 is 4.74 Å². The maximum atomic E-state index is 15.0. The van der Waals surface area contributed by atoms with Crippen LogP contribution in [0.3, 0.4) is 0 Å². The second kappa shape index (κ2) is 11.5. The van der Waals surface area contributed by atoms with E-state index in [2.05, 4.69) is 19.9 Å². The number of carbonyl (C=O) groups excluding carboxylic acids is 1. The van der Waals surface area contributed by atoms with Gasteiger partial charge in [-0.05, 0) is 91.0 Å². The van der Waals surface area contributed by atoms with Crippen molar-refractivity contribution in [3.63, 3.8) is 0 Å². The van der Waals surface area contributed by atoms with Gasteiger partial charge in [0.05, 0.1) is 5.56 Å². The Morgan fingerprint density at radius 1 is 0.882 bits per heavy atom. The second-order valence-electron chi connectivity index (χ2n) is 9.61. The summed E-state index contributed by atoms with van der Waals surface area (Å²) in [5.41, 5.74) is 4.11. The number of rotatable bonds is 8. The van der Waals surface area contributed by atoms with Gasteiger partial charge >= 0.3 is 5.97 Å². The van der Waals surface area contributed by atoms with Gasteiger partial charge in [-0.2, -0.15) is 0 Å². The predicted molar refractivity (Wildman–Crippen MR) is 137 cm³/mol. The van der Waals surface area contributed by atoms with E-state index >= 15 is 4.39 Å². The van der Waals surface area contributed by atoms with Gasteiger partial charge in [-0.1, -0.05) is 69.5 Å². The lowest BCUT2D eigenvalue weighted by Gasteiger charge is -2.28. The topological polar surface area (TPSA) is 26.3 Å². The fraction of sp³-hybridized carbons (Fsp3) is 0.387. The summed E-state index contributed by atoms with van der Waals surface area (Å²) in [6.07, 6.45) is 9.46. The summed E-state index contributed by atoms with van der Waals surface area (Å²) in [7, 11) is 0. The van der Waals surface area contributed by atoms with Crippen LogP contribution in [0, 0.1) is 11.7 Å².